The van der Waals surface area contributed by atoms with Crippen LogP contribution in [0.1, 0.15) is 44.8 Å². The van der Waals surface area contributed by atoms with E-state index in [9.17, 15) is 9.90 Å². The highest BCUT2D eigenvalue weighted by atomic mass is 16.3. The highest BCUT2D eigenvalue weighted by Gasteiger charge is 2.33. The molecule has 1 saturated carbocycles. The summed E-state index contributed by atoms with van der Waals surface area (Å²) in [6.45, 7) is 6.19. The van der Waals surface area contributed by atoms with Crippen LogP contribution in [-0.2, 0) is 0 Å². The smallest absolute Gasteiger partial charge is 0.253 e. The Balaban J connectivity index is 2.35. The summed E-state index contributed by atoms with van der Waals surface area (Å²) < 4.78 is 1.71. The molecule has 1 fully saturated rings. The molecule has 0 bridgehead atoms. The third-order valence-electron chi connectivity index (χ3n) is 4.03. The summed E-state index contributed by atoms with van der Waals surface area (Å²) in [6, 6.07) is 1.65. The molecule has 4 heteroatoms. The Bertz CT molecular complexity index is 467. The van der Waals surface area contributed by atoms with Crippen LogP contribution >= 0.6 is 0 Å². The molecule has 0 amide bonds. The Morgan fingerprint density at radius 1 is 1.44 bits per heavy atom. The summed E-state index contributed by atoms with van der Waals surface area (Å²) in [4.78, 5) is 16.3. The van der Waals surface area contributed by atoms with Crippen molar-refractivity contribution in [3.8, 4) is 0 Å². The predicted octanol–water partition coefficient (Wildman–Crippen LogP) is 1.91. The van der Waals surface area contributed by atoms with Gasteiger partial charge in [-0.15, -0.1) is 0 Å². The van der Waals surface area contributed by atoms with Crippen molar-refractivity contribution in [1.29, 1.82) is 0 Å². The van der Waals surface area contributed by atoms with E-state index in [-0.39, 0.29) is 17.7 Å². The van der Waals surface area contributed by atoms with E-state index in [2.05, 4.69) is 18.8 Å². The van der Waals surface area contributed by atoms with Gasteiger partial charge in [0.05, 0.1) is 12.4 Å². The molecule has 4 nitrogen and oxygen atoms in total. The van der Waals surface area contributed by atoms with E-state index in [1.54, 1.807) is 17.0 Å². The summed E-state index contributed by atoms with van der Waals surface area (Å²) in [7, 11) is 0. The molecule has 1 aromatic heterocycles. The third-order valence-corrected chi connectivity index (χ3v) is 4.03. The molecule has 1 heterocycles. The molecule has 0 aromatic carbocycles. The van der Waals surface area contributed by atoms with Crippen LogP contribution in [0.5, 0.6) is 0 Å². The van der Waals surface area contributed by atoms with Gasteiger partial charge in [-0.3, -0.25) is 9.36 Å². The van der Waals surface area contributed by atoms with Gasteiger partial charge in [-0.05, 0) is 38.0 Å². The maximum Gasteiger partial charge on any atom is 0.253 e. The summed E-state index contributed by atoms with van der Waals surface area (Å²) in [5.41, 5.74) is 0.737. The van der Waals surface area contributed by atoms with Crippen LogP contribution in [0.4, 0.5) is 0 Å². The number of hydrogen-bond donors (Lipinski definition) is 1. The molecule has 2 rings (SSSR count). The number of aryl methyl sites for hydroxylation is 1. The van der Waals surface area contributed by atoms with Crippen molar-refractivity contribution < 1.29 is 5.11 Å². The second kappa shape index (κ2) is 5.22. The Morgan fingerprint density at radius 2 is 2.17 bits per heavy atom. The van der Waals surface area contributed by atoms with E-state index in [1.807, 2.05) is 6.92 Å². The summed E-state index contributed by atoms with van der Waals surface area (Å²) >= 11 is 0. The molecular weight excluding hydrogens is 228 g/mol. The minimum Gasteiger partial charge on any atom is -0.393 e. The van der Waals surface area contributed by atoms with Crippen LogP contribution in [-0.4, -0.2) is 20.8 Å². The number of aliphatic hydroxyl groups excluding tert-OH is 1. The Kier molecular flexibility index (Phi) is 3.85. The number of hydrogen-bond acceptors (Lipinski definition) is 3. The molecule has 100 valence electrons. The predicted molar refractivity (Wildman–Crippen MR) is 70.5 cm³/mol. The average molecular weight is 250 g/mol. The topological polar surface area (TPSA) is 55.1 Å². The van der Waals surface area contributed by atoms with Crippen LogP contribution in [0.2, 0.25) is 0 Å². The Labute approximate surface area is 108 Å². The van der Waals surface area contributed by atoms with Crippen molar-refractivity contribution >= 4 is 0 Å². The lowest BCUT2D eigenvalue weighted by Gasteiger charge is -2.37. The monoisotopic (exact) mass is 250 g/mol. The van der Waals surface area contributed by atoms with Crippen molar-refractivity contribution in [3.63, 3.8) is 0 Å². The first-order chi connectivity index (χ1) is 8.49. The SMILES string of the molecule is Cc1cc(=O)n(C2CC(O)CCC2C(C)C)cn1. The molecule has 1 aliphatic carbocycles. The lowest BCUT2D eigenvalue weighted by molar-refractivity contribution is 0.0551. The van der Waals surface area contributed by atoms with Gasteiger partial charge in [0.25, 0.3) is 5.56 Å². The number of aliphatic hydroxyl groups is 1. The molecule has 1 N–H and O–H groups in total. The van der Waals surface area contributed by atoms with E-state index >= 15 is 0 Å². The van der Waals surface area contributed by atoms with Gasteiger partial charge in [0.15, 0.2) is 0 Å². The fraction of sp³-hybridized carbons (Fsp3) is 0.714. The van der Waals surface area contributed by atoms with Crippen molar-refractivity contribution in [2.24, 2.45) is 11.8 Å². The van der Waals surface area contributed by atoms with Crippen LogP contribution < -0.4 is 5.56 Å². The van der Waals surface area contributed by atoms with Crippen LogP contribution in [0.25, 0.3) is 0 Å². The van der Waals surface area contributed by atoms with Crippen molar-refractivity contribution in [1.82, 2.24) is 9.55 Å². The van der Waals surface area contributed by atoms with Crippen molar-refractivity contribution in [3.05, 3.63) is 28.4 Å². The van der Waals surface area contributed by atoms with E-state index in [4.69, 9.17) is 0 Å². The molecule has 3 atom stereocenters. The zero-order valence-electron chi connectivity index (χ0n) is 11.3. The van der Waals surface area contributed by atoms with E-state index < -0.39 is 0 Å². The Hall–Kier alpha value is -1.16. The van der Waals surface area contributed by atoms with Crippen molar-refractivity contribution in [2.45, 2.75) is 52.2 Å². The normalized spacial score (nSPS) is 28.6. The van der Waals surface area contributed by atoms with E-state index in [0.29, 0.717) is 18.3 Å². The summed E-state index contributed by atoms with van der Waals surface area (Å²) in [5, 5.41) is 9.85. The number of rotatable bonds is 2. The number of aromatic nitrogens is 2. The average Bonchev–Trinajstić information content (AvgIpc) is 2.28. The van der Waals surface area contributed by atoms with Crippen molar-refractivity contribution in [2.75, 3.05) is 0 Å². The van der Waals surface area contributed by atoms with Gasteiger partial charge in [0.1, 0.15) is 0 Å². The first-order valence-corrected chi connectivity index (χ1v) is 6.72. The van der Waals surface area contributed by atoms with Crippen LogP contribution in [0, 0.1) is 18.8 Å². The fourth-order valence-electron chi connectivity index (χ4n) is 3.00. The molecule has 18 heavy (non-hydrogen) atoms. The number of nitrogens with zero attached hydrogens (tertiary/aromatic N) is 2. The molecular formula is C14H22N2O2. The first kappa shape index (κ1) is 13.3. The lowest BCUT2D eigenvalue weighted by Crippen LogP contribution is -2.37. The lowest BCUT2D eigenvalue weighted by atomic mass is 9.76. The summed E-state index contributed by atoms with van der Waals surface area (Å²) in [6.07, 6.45) is 3.82. The highest BCUT2D eigenvalue weighted by Crippen LogP contribution is 2.37. The van der Waals surface area contributed by atoms with Gasteiger partial charge in [-0.25, -0.2) is 4.98 Å². The van der Waals surface area contributed by atoms with Gasteiger partial charge in [0, 0.05) is 17.8 Å². The molecule has 0 radical (unpaired) electrons. The van der Waals surface area contributed by atoms with Gasteiger partial charge in [-0.1, -0.05) is 13.8 Å². The Morgan fingerprint density at radius 3 is 2.78 bits per heavy atom. The summed E-state index contributed by atoms with van der Waals surface area (Å²) in [5.74, 6) is 0.950. The highest BCUT2D eigenvalue weighted by molar-refractivity contribution is 4.99. The van der Waals surface area contributed by atoms with Crippen LogP contribution in [0.15, 0.2) is 17.2 Å². The van der Waals surface area contributed by atoms with Crippen LogP contribution in [0.3, 0.4) is 0 Å². The molecule has 0 saturated heterocycles. The third kappa shape index (κ3) is 2.64. The largest absolute Gasteiger partial charge is 0.393 e. The quantitative estimate of drug-likeness (QED) is 0.872. The second-order valence-corrected chi connectivity index (χ2v) is 5.72. The van der Waals surface area contributed by atoms with Gasteiger partial charge < -0.3 is 5.11 Å². The molecule has 0 aliphatic heterocycles. The fourth-order valence-corrected chi connectivity index (χ4v) is 3.00. The second-order valence-electron chi connectivity index (χ2n) is 5.72. The zero-order chi connectivity index (χ0) is 13.3. The maximum atomic E-state index is 12.1. The standard InChI is InChI=1S/C14H22N2O2/c1-9(2)12-5-4-11(17)7-13(12)16-8-15-10(3)6-14(16)18/h6,8-9,11-13,17H,4-5,7H2,1-3H3. The van der Waals surface area contributed by atoms with Gasteiger partial charge >= 0.3 is 0 Å². The molecule has 1 aromatic rings. The zero-order valence-corrected chi connectivity index (χ0v) is 11.3. The maximum absolute atomic E-state index is 12.1. The van der Waals surface area contributed by atoms with Gasteiger partial charge in [-0.2, -0.15) is 0 Å². The van der Waals surface area contributed by atoms with E-state index in [1.165, 1.54) is 0 Å². The first-order valence-electron chi connectivity index (χ1n) is 6.72. The van der Waals surface area contributed by atoms with Gasteiger partial charge in [0.2, 0.25) is 0 Å². The minimum absolute atomic E-state index is 0.00718. The molecule has 0 spiro atoms. The molecule has 3 unspecified atom stereocenters. The molecule has 1 aliphatic rings. The van der Waals surface area contributed by atoms with E-state index in [0.717, 1.165) is 18.5 Å². The minimum atomic E-state index is -0.293.